The molecule has 0 aromatic rings. The predicted octanol–water partition coefficient (Wildman–Crippen LogP) is 9.96. The highest BCUT2D eigenvalue weighted by Gasteiger charge is 2.09. The number of unbranched alkanes of at least 4 members (excludes halogenated alkanes) is 26. The molecule has 0 fully saturated rings. The molecule has 0 aliphatic rings. The van der Waals surface area contributed by atoms with E-state index in [1.54, 1.807) is 0 Å². The molecule has 0 bridgehead atoms. The van der Waals surface area contributed by atoms with E-state index >= 15 is 0 Å². The lowest BCUT2D eigenvalue weighted by atomic mass is 10.00. The maximum atomic E-state index is 11.7. The summed E-state index contributed by atoms with van der Waals surface area (Å²) in [6.07, 6.45) is 46.5. The van der Waals surface area contributed by atoms with E-state index < -0.39 is 6.10 Å². The normalized spacial score (nSPS) is 11.3. The molecule has 0 heterocycles. The molecule has 0 spiro atoms. The van der Waals surface area contributed by atoms with Crippen LogP contribution < -0.4 is 31.9 Å². The Labute approximate surface area is 434 Å². The van der Waals surface area contributed by atoms with E-state index in [4.69, 9.17) is 5.11 Å². The highest BCUT2D eigenvalue weighted by Crippen LogP contribution is 2.15. The highest BCUT2D eigenvalue weighted by molar-refractivity contribution is 5.76. The number of carbonyl (C=O) groups excluding carboxylic acids is 2. The number of nitrogens with one attached hydrogen (secondary N) is 6. The van der Waals surface area contributed by atoms with Gasteiger partial charge in [0.1, 0.15) is 0 Å². The molecule has 0 rings (SSSR count). The van der Waals surface area contributed by atoms with E-state index in [0.29, 0.717) is 31.6 Å². The lowest BCUT2D eigenvalue weighted by molar-refractivity contribution is -0.122. The SMILES string of the molecule is CCCCCCCCCCCCCCCCCCCCCCNC(=O)CCC[C@H](O)CO.CCCCNCCCCNCC(CCCCCCNC(=O)CCC)CNCCCCNCCCC.O.O.O. The van der Waals surface area contributed by atoms with Gasteiger partial charge in [0.25, 0.3) is 0 Å². The Morgan fingerprint density at radius 1 is 0.343 bits per heavy atom. The molecule has 1 atom stereocenters. The maximum absolute atomic E-state index is 11.7. The lowest BCUT2D eigenvalue weighted by Gasteiger charge is -2.19. The Balaban J connectivity index is -0.000000387. The van der Waals surface area contributed by atoms with Gasteiger partial charge in [-0.2, -0.15) is 0 Å². The highest BCUT2D eigenvalue weighted by atomic mass is 16.3. The minimum absolute atomic E-state index is 0. The van der Waals surface area contributed by atoms with Crippen LogP contribution >= 0.6 is 0 Å². The lowest BCUT2D eigenvalue weighted by Crippen LogP contribution is -2.32. The van der Waals surface area contributed by atoms with Gasteiger partial charge in [0.2, 0.25) is 11.8 Å². The van der Waals surface area contributed by atoms with Crippen molar-refractivity contribution in [2.45, 2.75) is 278 Å². The molecule has 14 N–H and O–H groups in total. The summed E-state index contributed by atoms with van der Waals surface area (Å²) in [5.41, 5.74) is 0. The van der Waals surface area contributed by atoms with Crippen LogP contribution in [0.25, 0.3) is 0 Å². The van der Waals surface area contributed by atoms with Crippen molar-refractivity contribution in [1.82, 2.24) is 31.9 Å². The fraction of sp³-hybridized carbons (Fsp3) is 0.965. The van der Waals surface area contributed by atoms with Crippen LogP contribution in [0.15, 0.2) is 0 Å². The van der Waals surface area contributed by atoms with Crippen molar-refractivity contribution in [2.24, 2.45) is 5.92 Å². The van der Waals surface area contributed by atoms with Gasteiger partial charge in [0.15, 0.2) is 0 Å². The van der Waals surface area contributed by atoms with Crippen molar-refractivity contribution in [3.05, 3.63) is 0 Å². The fourth-order valence-corrected chi connectivity index (χ4v) is 8.48. The molecule has 0 aromatic carbocycles. The number of carbonyl (C=O) groups is 2. The third-order valence-corrected chi connectivity index (χ3v) is 13.0. The van der Waals surface area contributed by atoms with Gasteiger partial charge >= 0.3 is 0 Å². The van der Waals surface area contributed by atoms with Gasteiger partial charge in [0, 0.05) is 25.9 Å². The van der Waals surface area contributed by atoms with Gasteiger partial charge in [0.05, 0.1) is 12.7 Å². The number of aliphatic hydroxyl groups excluding tert-OH is 2. The third-order valence-electron chi connectivity index (χ3n) is 13.0. The van der Waals surface area contributed by atoms with Crippen molar-refractivity contribution in [3.8, 4) is 0 Å². The maximum Gasteiger partial charge on any atom is 0.219 e. The zero-order valence-electron chi connectivity index (χ0n) is 47.0. The first-order valence-corrected chi connectivity index (χ1v) is 29.6. The van der Waals surface area contributed by atoms with Crippen molar-refractivity contribution in [3.63, 3.8) is 0 Å². The molecule has 70 heavy (non-hydrogen) atoms. The largest absolute Gasteiger partial charge is 0.412 e. The summed E-state index contributed by atoms with van der Waals surface area (Å²) >= 11 is 0. The molecule has 0 unspecified atom stereocenters. The summed E-state index contributed by atoms with van der Waals surface area (Å²) in [5.74, 6) is 0.982. The second-order valence-corrected chi connectivity index (χ2v) is 20.0. The number of aliphatic hydroxyl groups is 2. The summed E-state index contributed by atoms with van der Waals surface area (Å²) < 4.78 is 0. The van der Waals surface area contributed by atoms with E-state index in [1.807, 2.05) is 0 Å². The Morgan fingerprint density at radius 2 is 0.657 bits per heavy atom. The quantitative estimate of drug-likeness (QED) is 0.0272. The standard InChI is InChI=1S/C29H63N5O.C28H57NO3.3H2O/c1-4-7-19-30-21-13-15-23-32-26-28(27-33-24-16-14-22-31-20-8-5-2)18-11-9-10-12-25-34-29(35)17-6-3;1-2-3-4-5-6-7-8-9-10-11-12-13-14-15-16-17-18-19-20-21-25-29-28(32)24-22-23-27(31)26-30;;;/h28,30-33H,4-27H2,1-3H3,(H,34,35);27,30-31H,2-26H2,1H3,(H,29,32);3*1H2/t;27-;;;/m.0.../s1. The van der Waals surface area contributed by atoms with Gasteiger partial charge in [-0.1, -0.05) is 182 Å². The topological polar surface area (TPSA) is 241 Å². The van der Waals surface area contributed by atoms with Crippen LogP contribution in [0.1, 0.15) is 272 Å². The molecule has 2 amide bonds. The molecule has 13 nitrogen and oxygen atoms in total. The average Bonchev–Trinajstić information content (AvgIpc) is 3.33. The number of amides is 2. The minimum atomic E-state index is -0.688. The summed E-state index contributed by atoms with van der Waals surface area (Å²) in [6.45, 7) is 19.4. The van der Waals surface area contributed by atoms with E-state index in [1.165, 1.54) is 199 Å². The van der Waals surface area contributed by atoms with Gasteiger partial charge < -0.3 is 58.5 Å². The molecular formula is C57H126N6O7. The van der Waals surface area contributed by atoms with Crippen LogP contribution in [0.5, 0.6) is 0 Å². The zero-order chi connectivity index (χ0) is 49.2. The van der Waals surface area contributed by atoms with Crippen LogP contribution in [0.3, 0.4) is 0 Å². The number of hydrogen-bond acceptors (Lipinski definition) is 8. The Bertz CT molecular complexity index is 935. The van der Waals surface area contributed by atoms with Crippen LogP contribution in [0, 0.1) is 5.92 Å². The van der Waals surface area contributed by atoms with Crippen LogP contribution in [-0.2, 0) is 9.59 Å². The molecule has 426 valence electrons. The van der Waals surface area contributed by atoms with E-state index in [0.717, 1.165) is 84.7 Å². The average molecular weight is 1010 g/mol. The summed E-state index contributed by atoms with van der Waals surface area (Å²) in [7, 11) is 0. The second-order valence-electron chi connectivity index (χ2n) is 20.0. The summed E-state index contributed by atoms with van der Waals surface area (Å²) in [5, 5.41) is 38.5. The van der Waals surface area contributed by atoms with E-state index in [9.17, 15) is 14.7 Å². The monoisotopic (exact) mass is 1010 g/mol. The Morgan fingerprint density at radius 3 is 1.03 bits per heavy atom. The Hall–Kier alpha value is -1.42. The molecular weight excluding hydrogens is 881 g/mol. The molecule has 0 aliphatic carbocycles. The van der Waals surface area contributed by atoms with Crippen molar-refractivity contribution < 1.29 is 36.2 Å². The van der Waals surface area contributed by atoms with Gasteiger partial charge in [-0.3, -0.25) is 9.59 Å². The van der Waals surface area contributed by atoms with E-state index in [-0.39, 0.29) is 34.8 Å². The van der Waals surface area contributed by atoms with Crippen molar-refractivity contribution >= 4 is 11.8 Å². The molecule has 0 aromatic heterocycles. The van der Waals surface area contributed by atoms with Crippen molar-refractivity contribution in [2.75, 3.05) is 72.1 Å². The first-order chi connectivity index (χ1) is 32.9. The van der Waals surface area contributed by atoms with Gasteiger partial charge in [-0.05, 0) is 135 Å². The predicted molar refractivity (Wildman–Crippen MR) is 303 cm³/mol. The molecule has 0 radical (unpaired) electrons. The fourth-order valence-electron chi connectivity index (χ4n) is 8.48. The molecule has 0 aliphatic heterocycles. The van der Waals surface area contributed by atoms with Gasteiger partial charge in [-0.15, -0.1) is 0 Å². The molecule has 0 saturated heterocycles. The minimum Gasteiger partial charge on any atom is -0.412 e. The zero-order valence-corrected chi connectivity index (χ0v) is 47.0. The third kappa shape index (κ3) is 68.7. The first-order valence-electron chi connectivity index (χ1n) is 29.6. The number of hydrogen-bond donors (Lipinski definition) is 8. The van der Waals surface area contributed by atoms with Crippen LogP contribution in [-0.4, -0.2) is 117 Å². The first kappa shape index (κ1) is 77.5. The van der Waals surface area contributed by atoms with Crippen molar-refractivity contribution in [1.29, 1.82) is 0 Å². The molecule has 0 saturated carbocycles. The second kappa shape index (κ2) is 69.7. The van der Waals surface area contributed by atoms with Crippen LogP contribution in [0.4, 0.5) is 0 Å². The number of rotatable bonds is 55. The van der Waals surface area contributed by atoms with Crippen LogP contribution in [0.2, 0.25) is 0 Å². The van der Waals surface area contributed by atoms with Gasteiger partial charge in [-0.25, -0.2) is 0 Å². The summed E-state index contributed by atoms with van der Waals surface area (Å²) in [6, 6.07) is 0. The smallest absolute Gasteiger partial charge is 0.219 e. The van der Waals surface area contributed by atoms with E-state index in [2.05, 4.69) is 59.6 Å². The Kier molecular flexibility index (Phi) is 77.1. The summed E-state index contributed by atoms with van der Waals surface area (Å²) in [4.78, 5) is 23.2. The molecule has 13 heteroatoms.